The molecule has 0 unspecified atom stereocenters. The van der Waals surface area contributed by atoms with Gasteiger partial charge in [-0.3, -0.25) is 0 Å². The highest BCUT2D eigenvalue weighted by Crippen LogP contribution is 2.21. The molecule has 0 saturated carbocycles. The van der Waals surface area contributed by atoms with Gasteiger partial charge in [-0.25, -0.2) is 9.18 Å². The molecule has 0 amide bonds. The van der Waals surface area contributed by atoms with Crippen LogP contribution in [0.4, 0.5) is 9.18 Å². The quantitative estimate of drug-likeness (QED) is 0.485. The molecule has 10 heteroatoms. The van der Waals surface area contributed by atoms with Crippen molar-refractivity contribution in [3.8, 4) is 0 Å². The maximum atomic E-state index is 12.3. The Bertz CT molecular complexity index is 365. The molecule has 1 saturated heterocycles. The average molecular weight is 220 g/mol. The standard InChI is InChI=1S/C2HFO7S2/c3-1-11(5,6)9-2(4)10-12(1,7)8/h1H. The minimum Gasteiger partial charge on any atom is -0.308 e. The number of carbonyl (C=O) groups excluding carboxylic acids is 1. The van der Waals surface area contributed by atoms with Crippen molar-refractivity contribution in [2.45, 2.75) is 4.84 Å². The van der Waals surface area contributed by atoms with Gasteiger partial charge >= 0.3 is 31.2 Å². The molecular weight excluding hydrogens is 219 g/mol. The molecular formula is C2HFO7S2. The van der Waals surface area contributed by atoms with Crippen LogP contribution >= 0.6 is 0 Å². The highest BCUT2D eigenvalue weighted by atomic mass is 32.3. The number of hydrogen-bond donors (Lipinski definition) is 0. The Labute approximate surface area is 66.3 Å². The Hall–Kier alpha value is -0.900. The van der Waals surface area contributed by atoms with Gasteiger partial charge in [0.25, 0.3) is 0 Å². The molecule has 0 atom stereocenters. The fraction of sp³-hybridized carbons (Fsp3) is 0.500. The van der Waals surface area contributed by atoms with Crippen molar-refractivity contribution >= 4 is 26.4 Å². The molecule has 0 aromatic heterocycles. The summed E-state index contributed by atoms with van der Waals surface area (Å²) in [5.74, 6) is 0. The topological polar surface area (TPSA) is 104 Å². The van der Waals surface area contributed by atoms with E-state index in [4.69, 9.17) is 0 Å². The molecule has 1 rings (SSSR count). The van der Waals surface area contributed by atoms with Gasteiger partial charge in [0, 0.05) is 0 Å². The van der Waals surface area contributed by atoms with Gasteiger partial charge in [-0.2, -0.15) is 16.8 Å². The van der Waals surface area contributed by atoms with E-state index in [1.165, 1.54) is 0 Å². The average Bonchev–Trinajstić information content (AvgIpc) is 1.80. The van der Waals surface area contributed by atoms with Crippen molar-refractivity contribution in [2.24, 2.45) is 0 Å². The number of carbonyl (C=O) groups is 1. The zero-order chi connectivity index (χ0) is 9.57. The fourth-order valence-corrected chi connectivity index (χ4v) is 2.46. The SMILES string of the molecule is O=C1OS(=O)(=O)C(F)S(=O)(=O)O1. The van der Waals surface area contributed by atoms with Crippen molar-refractivity contribution in [2.75, 3.05) is 0 Å². The third-order valence-corrected chi connectivity index (χ3v) is 3.88. The van der Waals surface area contributed by atoms with Gasteiger partial charge < -0.3 is 8.37 Å². The Morgan fingerprint density at radius 1 is 1.08 bits per heavy atom. The lowest BCUT2D eigenvalue weighted by atomic mass is 11.5. The summed E-state index contributed by atoms with van der Waals surface area (Å²) in [4.78, 5) is 6.70. The molecule has 0 aromatic carbocycles. The van der Waals surface area contributed by atoms with Crippen molar-refractivity contribution < 1.29 is 34.4 Å². The predicted octanol–water partition coefficient (Wildman–Crippen LogP) is -0.934. The van der Waals surface area contributed by atoms with Gasteiger partial charge in [-0.05, 0) is 0 Å². The first-order chi connectivity index (χ1) is 5.26. The molecule has 1 fully saturated rings. The minimum atomic E-state index is -5.05. The van der Waals surface area contributed by atoms with E-state index in [2.05, 4.69) is 8.37 Å². The van der Waals surface area contributed by atoms with Gasteiger partial charge in [0.1, 0.15) is 0 Å². The highest BCUT2D eigenvalue weighted by Gasteiger charge is 2.49. The molecule has 7 nitrogen and oxygen atoms in total. The highest BCUT2D eigenvalue weighted by molar-refractivity contribution is 8.05. The smallest absolute Gasteiger partial charge is 0.308 e. The maximum absolute atomic E-state index is 12.3. The third kappa shape index (κ3) is 1.34. The molecule has 0 bridgehead atoms. The molecule has 0 radical (unpaired) electrons. The second-order valence-electron chi connectivity index (χ2n) is 1.68. The molecule has 12 heavy (non-hydrogen) atoms. The number of halogens is 1. The summed E-state index contributed by atoms with van der Waals surface area (Å²) in [7, 11) is -10.1. The summed E-state index contributed by atoms with van der Waals surface area (Å²) < 4.78 is 60.2. The predicted molar refractivity (Wildman–Crippen MR) is 30.3 cm³/mol. The van der Waals surface area contributed by atoms with Crippen molar-refractivity contribution in [1.29, 1.82) is 0 Å². The van der Waals surface area contributed by atoms with Gasteiger partial charge in [-0.1, -0.05) is 0 Å². The van der Waals surface area contributed by atoms with Crippen LogP contribution in [0.15, 0.2) is 0 Å². The van der Waals surface area contributed by atoms with Crippen LogP contribution in [0, 0.1) is 0 Å². The Kier molecular flexibility index (Phi) is 1.76. The normalized spacial score (nSPS) is 27.2. The summed E-state index contributed by atoms with van der Waals surface area (Å²) in [6.45, 7) is 0. The third-order valence-electron chi connectivity index (χ3n) is 0.822. The molecule has 0 N–H and O–H groups in total. The molecule has 1 aliphatic rings. The van der Waals surface area contributed by atoms with E-state index in [1.54, 1.807) is 0 Å². The maximum Gasteiger partial charge on any atom is 0.540 e. The monoisotopic (exact) mass is 220 g/mol. The first kappa shape index (κ1) is 9.19. The van der Waals surface area contributed by atoms with Crippen LogP contribution in [0.5, 0.6) is 0 Å². The zero-order valence-electron chi connectivity index (χ0n) is 5.13. The minimum absolute atomic E-state index is 1.98. The van der Waals surface area contributed by atoms with Crippen molar-refractivity contribution in [3.63, 3.8) is 0 Å². The van der Waals surface area contributed by atoms with Crippen LogP contribution in [-0.4, -0.2) is 27.8 Å². The van der Waals surface area contributed by atoms with E-state index in [1.807, 2.05) is 0 Å². The lowest BCUT2D eigenvalue weighted by molar-refractivity contribution is 0.147. The lowest BCUT2D eigenvalue weighted by Crippen LogP contribution is -2.38. The zero-order valence-corrected chi connectivity index (χ0v) is 6.76. The van der Waals surface area contributed by atoms with Gasteiger partial charge in [-0.15, -0.1) is 0 Å². The second-order valence-corrected chi connectivity index (χ2v) is 5.11. The van der Waals surface area contributed by atoms with Crippen molar-refractivity contribution in [1.82, 2.24) is 0 Å². The Morgan fingerprint density at radius 2 is 1.42 bits per heavy atom. The van der Waals surface area contributed by atoms with Crippen molar-refractivity contribution in [3.05, 3.63) is 0 Å². The lowest BCUT2D eigenvalue weighted by Gasteiger charge is -2.14. The van der Waals surface area contributed by atoms with E-state index < -0.39 is 31.2 Å². The fourth-order valence-electron chi connectivity index (χ4n) is 0.424. The summed E-state index contributed by atoms with van der Waals surface area (Å²) in [6.07, 6.45) is -1.98. The second kappa shape index (κ2) is 2.29. The van der Waals surface area contributed by atoms with E-state index in [9.17, 15) is 26.0 Å². The molecule has 0 aromatic rings. The Balaban J connectivity index is 3.27. The van der Waals surface area contributed by atoms with Crippen LogP contribution in [0.2, 0.25) is 0 Å². The summed E-state index contributed by atoms with van der Waals surface area (Å²) in [5, 5.41) is 0. The number of alkyl halides is 1. The van der Waals surface area contributed by atoms with Crippen LogP contribution in [-0.2, 0) is 28.6 Å². The van der Waals surface area contributed by atoms with E-state index in [0.29, 0.717) is 0 Å². The van der Waals surface area contributed by atoms with Crippen LogP contribution in [0.1, 0.15) is 0 Å². The van der Waals surface area contributed by atoms with Crippen LogP contribution in [0.25, 0.3) is 0 Å². The molecule has 0 aliphatic carbocycles. The van der Waals surface area contributed by atoms with Gasteiger partial charge in [0.2, 0.25) is 0 Å². The van der Waals surface area contributed by atoms with Crippen LogP contribution in [0.3, 0.4) is 0 Å². The number of rotatable bonds is 0. The van der Waals surface area contributed by atoms with E-state index in [0.717, 1.165) is 0 Å². The molecule has 1 aliphatic heterocycles. The van der Waals surface area contributed by atoms with Crippen LogP contribution < -0.4 is 0 Å². The first-order valence-corrected chi connectivity index (χ1v) is 5.24. The van der Waals surface area contributed by atoms with E-state index in [-0.39, 0.29) is 0 Å². The molecule has 70 valence electrons. The summed E-state index contributed by atoms with van der Waals surface area (Å²) in [5.41, 5.74) is 0. The largest absolute Gasteiger partial charge is 0.540 e. The number of hydrogen-bond acceptors (Lipinski definition) is 7. The van der Waals surface area contributed by atoms with E-state index >= 15 is 0 Å². The van der Waals surface area contributed by atoms with Gasteiger partial charge in [0.15, 0.2) is 0 Å². The molecule has 0 spiro atoms. The molecule has 1 heterocycles. The Morgan fingerprint density at radius 3 is 1.75 bits per heavy atom. The first-order valence-electron chi connectivity index (χ1n) is 2.30. The summed E-state index contributed by atoms with van der Waals surface area (Å²) >= 11 is 0. The summed E-state index contributed by atoms with van der Waals surface area (Å²) in [6, 6.07) is 0. The van der Waals surface area contributed by atoms with Gasteiger partial charge in [0.05, 0.1) is 0 Å².